The molecule has 2 fully saturated rings. The van der Waals surface area contributed by atoms with E-state index in [0.717, 1.165) is 86.6 Å². The highest BCUT2D eigenvalue weighted by molar-refractivity contribution is 5.44. The minimum atomic E-state index is 0.523. The molecule has 2 aliphatic rings. The maximum absolute atomic E-state index is 6.43. The summed E-state index contributed by atoms with van der Waals surface area (Å²) in [6.45, 7) is 8.89. The largest absolute Gasteiger partial charge is 0.493 e. The molecule has 2 heterocycles. The van der Waals surface area contributed by atoms with Crippen molar-refractivity contribution in [1.29, 1.82) is 0 Å². The van der Waals surface area contributed by atoms with E-state index in [1.54, 1.807) is 14.2 Å². The number of piperidine rings is 2. The zero-order chi connectivity index (χ0) is 33.7. The number of benzene rings is 4. The van der Waals surface area contributed by atoms with Gasteiger partial charge in [-0.15, -0.1) is 0 Å². The van der Waals surface area contributed by atoms with Gasteiger partial charge in [-0.25, -0.2) is 0 Å². The van der Waals surface area contributed by atoms with Crippen LogP contribution in [0.4, 0.5) is 0 Å². The Bertz CT molecular complexity index is 1450. The Morgan fingerprint density at radius 3 is 1.41 bits per heavy atom. The molecule has 0 saturated carbocycles. The molecule has 0 N–H and O–H groups in total. The van der Waals surface area contributed by atoms with E-state index in [0.29, 0.717) is 25.0 Å². The quantitative estimate of drug-likeness (QED) is 0.120. The van der Waals surface area contributed by atoms with Gasteiger partial charge in [0.1, 0.15) is 13.2 Å². The molecular weight excluding hydrogens is 612 g/mol. The van der Waals surface area contributed by atoms with Gasteiger partial charge in [-0.1, -0.05) is 72.8 Å². The molecule has 2 atom stereocenters. The van der Waals surface area contributed by atoms with Crippen molar-refractivity contribution in [3.8, 4) is 23.0 Å². The van der Waals surface area contributed by atoms with Crippen LogP contribution in [0.3, 0.4) is 0 Å². The van der Waals surface area contributed by atoms with E-state index in [1.807, 2.05) is 48.5 Å². The van der Waals surface area contributed by atoms with Crippen LogP contribution in [0.1, 0.15) is 47.9 Å². The van der Waals surface area contributed by atoms with E-state index in [1.165, 1.54) is 36.8 Å². The van der Waals surface area contributed by atoms with E-state index < -0.39 is 0 Å². The lowest BCUT2D eigenvalue weighted by Crippen LogP contribution is -2.38. The van der Waals surface area contributed by atoms with Crippen LogP contribution < -0.4 is 18.9 Å². The van der Waals surface area contributed by atoms with E-state index in [4.69, 9.17) is 23.7 Å². The number of hydrogen-bond donors (Lipinski definition) is 0. The van der Waals surface area contributed by atoms with Gasteiger partial charge in [0.2, 0.25) is 0 Å². The molecule has 7 heteroatoms. The van der Waals surface area contributed by atoms with Crippen molar-refractivity contribution in [3.63, 3.8) is 0 Å². The molecule has 49 heavy (non-hydrogen) atoms. The average Bonchev–Trinajstić information content (AvgIpc) is 3.14. The average molecular weight is 665 g/mol. The number of methoxy groups -OCH3 is 2. The second kappa shape index (κ2) is 18.1. The molecule has 0 aliphatic carbocycles. The lowest BCUT2D eigenvalue weighted by molar-refractivity contribution is 0.0215. The third-order valence-corrected chi connectivity index (χ3v) is 9.66. The lowest BCUT2D eigenvalue weighted by Gasteiger charge is -2.34. The van der Waals surface area contributed by atoms with E-state index in [-0.39, 0.29) is 0 Å². The highest BCUT2D eigenvalue weighted by Gasteiger charge is 2.24. The van der Waals surface area contributed by atoms with Crippen molar-refractivity contribution in [3.05, 3.63) is 119 Å². The second-order valence-electron chi connectivity index (χ2n) is 13.5. The molecule has 0 bridgehead atoms. The third kappa shape index (κ3) is 10.5. The molecule has 0 aromatic heterocycles. The molecule has 2 aliphatic heterocycles. The zero-order valence-electron chi connectivity index (χ0n) is 29.2. The van der Waals surface area contributed by atoms with Gasteiger partial charge in [0.05, 0.1) is 27.4 Å². The molecular formula is C42H52N2O5. The standard InChI is InChI=1S/C42H52N2O5/c1-45-39-19-17-35(23-41(39)48-31-33-11-5-3-6-12-33)25-43-21-9-15-37(27-43)29-47-30-38-16-10-22-44(28-38)26-36-18-20-40(46-2)42(24-36)49-32-34-13-7-4-8-14-34/h3-8,11-14,17-20,23-24,37-38H,9-10,15-16,21-22,25-32H2,1-2H3. The molecule has 4 aromatic carbocycles. The van der Waals surface area contributed by atoms with Crippen LogP contribution in [0.2, 0.25) is 0 Å². The van der Waals surface area contributed by atoms with Crippen molar-refractivity contribution in [2.45, 2.75) is 52.0 Å². The van der Waals surface area contributed by atoms with Crippen LogP contribution in [0.5, 0.6) is 23.0 Å². The Morgan fingerprint density at radius 1 is 0.531 bits per heavy atom. The van der Waals surface area contributed by atoms with Gasteiger partial charge in [-0.05, 0) is 97.1 Å². The van der Waals surface area contributed by atoms with Gasteiger partial charge in [0.25, 0.3) is 0 Å². The van der Waals surface area contributed by atoms with Crippen LogP contribution in [0, 0.1) is 11.8 Å². The summed E-state index contributed by atoms with van der Waals surface area (Å²) in [5.74, 6) is 4.26. The van der Waals surface area contributed by atoms with E-state index in [9.17, 15) is 0 Å². The number of ether oxygens (including phenoxy) is 5. The van der Waals surface area contributed by atoms with Gasteiger partial charge in [0, 0.05) is 26.2 Å². The molecule has 6 rings (SSSR count). The van der Waals surface area contributed by atoms with Gasteiger partial charge >= 0.3 is 0 Å². The summed E-state index contributed by atoms with van der Waals surface area (Å²) in [5, 5.41) is 0. The molecule has 7 nitrogen and oxygen atoms in total. The summed E-state index contributed by atoms with van der Waals surface area (Å²) in [5.41, 5.74) is 4.79. The van der Waals surface area contributed by atoms with Crippen molar-refractivity contribution < 1.29 is 23.7 Å². The van der Waals surface area contributed by atoms with Gasteiger partial charge < -0.3 is 23.7 Å². The van der Waals surface area contributed by atoms with E-state index >= 15 is 0 Å². The van der Waals surface area contributed by atoms with Crippen LogP contribution in [0.25, 0.3) is 0 Å². The number of likely N-dealkylation sites (tertiary alicyclic amines) is 2. The van der Waals surface area contributed by atoms with Crippen molar-refractivity contribution in [2.75, 3.05) is 53.6 Å². The Morgan fingerprint density at radius 2 is 0.980 bits per heavy atom. The first-order chi connectivity index (χ1) is 24.1. The minimum absolute atomic E-state index is 0.523. The number of nitrogens with zero attached hydrogens (tertiary/aromatic N) is 2. The fraction of sp³-hybridized carbons (Fsp3) is 0.429. The summed E-state index contributed by atoms with van der Waals surface area (Å²) >= 11 is 0. The predicted molar refractivity (Wildman–Crippen MR) is 194 cm³/mol. The van der Waals surface area contributed by atoms with Crippen molar-refractivity contribution >= 4 is 0 Å². The summed E-state index contributed by atoms with van der Waals surface area (Å²) in [7, 11) is 3.40. The van der Waals surface area contributed by atoms with Crippen LogP contribution in [-0.2, 0) is 31.0 Å². The molecule has 2 saturated heterocycles. The first kappa shape index (κ1) is 34.8. The topological polar surface area (TPSA) is 52.6 Å². The molecule has 0 amide bonds. The zero-order valence-corrected chi connectivity index (χ0v) is 29.2. The van der Waals surface area contributed by atoms with Crippen LogP contribution >= 0.6 is 0 Å². The van der Waals surface area contributed by atoms with Crippen LogP contribution in [0.15, 0.2) is 97.1 Å². The summed E-state index contributed by atoms with van der Waals surface area (Å²) in [6, 6.07) is 33.2. The van der Waals surface area contributed by atoms with Gasteiger partial charge in [-0.3, -0.25) is 9.80 Å². The normalized spacial score (nSPS) is 18.6. The molecule has 2 unspecified atom stereocenters. The predicted octanol–water partition coefficient (Wildman–Crippen LogP) is 8.00. The minimum Gasteiger partial charge on any atom is -0.493 e. The molecule has 0 spiro atoms. The van der Waals surface area contributed by atoms with E-state index in [2.05, 4.69) is 58.3 Å². The SMILES string of the molecule is COc1ccc(CN2CCCC(COCC3CCCN(Cc4ccc(OC)c(OCc5ccccc5)c4)C3)C2)cc1OCc1ccccc1. The molecule has 0 radical (unpaired) electrons. The van der Waals surface area contributed by atoms with Gasteiger partial charge in [0.15, 0.2) is 23.0 Å². The molecule has 4 aromatic rings. The monoisotopic (exact) mass is 664 g/mol. The fourth-order valence-electron chi connectivity index (χ4n) is 7.11. The second-order valence-corrected chi connectivity index (χ2v) is 13.5. The maximum atomic E-state index is 6.43. The first-order valence-corrected chi connectivity index (χ1v) is 17.8. The first-order valence-electron chi connectivity index (χ1n) is 17.8. The maximum Gasteiger partial charge on any atom is 0.161 e. The lowest BCUT2D eigenvalue weighted by atomic mass is 9.97. The Hall–Kier alpha value is -4.04. The van der Waals surface area contributed by atoms with Crippen molar-refractivity contribution in [2.24, 2.45) is 11.8 Å². The van der Waals surface area contributed by atoms with Crippen LogP contribution in [-0.4, -0.2) is 63.4 Å². The highest BCUT2D eigenvalue weighted by atomic mass is 16.5. The Kier molecular flexibility index (Phi) is 12.9. The fourth-order valence-corrected chi connectivity index (χ4v) is 7.11. The van der Waals surface area contributed by atoms with Crippen molar-refractivity contribution in [1.82, 2.24) is 9.80 Å². The Labute approximate surface area is 292 Å². The third-order valence-electron chi connectivity index (χ3n) is 9.66. The smallest absolute Gasteiger partial charge is 0.161 e. The van der Waals surface area contributed by atoms with Gasteiger partial charge in [-0.2, -0.15) is 0 Å². The number of hydrogen-bond acceptors (Lipinski definition) is 7. The highest BCUT2D eigenvalue weighted by Crippen LogP contribution is 2.32. The Balaban J connectivity index is 0.945. The number of rotatable bonds is 16. The summed E-state index contributed by atoms with van der Waals surface area (Å²) in [4.78, 5) is 5.13. The molecule has 260 valence electrons. The summed E-state index contributed by atoms with van der Waals surface area (Å²) in [6.07, 6.45) is 4.87. The summed E-state index contributed by atoms with van der Waals surface area (Å²) < 4.78 is 30.0.